The summed E-state index contributed by atoms with van der Waals surface area (Å²) in [5, 5.41) is 12.5. The average molecular weight is 312 g/mol. The van der Waals surface area contributed by atoms with Gasteiger partial charge in [-0.25, -0.2) is 0 Å². The summed E-state index contributed by atoms with van der Waals surface area (Å²) in [6.45, 7) is 0.516. The summed E-state index contributed by atoms with van der Waals surface area (Å²) in [7, 11) is 0. The quantitative estimate of drug-likeness (QED) is 0.925. The molecule has 0 bridgehead atoms. The van der Waals surface area contributed by atoms with Crippen LogP contribution in [0, 0.1) is 11.3 Å². The number of benzene rings is 1. The van der Waals surface area contributed by atoms with Crippen molar-refractivity contribution in [2.24, 2.45) is 0 Å². The molecule has 5 heteroatoms. The minimum absolute atomic E-state index is 0.317. The molecule has 3 nitrogen and oxygen atoms in total. The van der Waals surface area contributed by atoms with E-state index < -0.39 is 0 Å². The van der Waals surface area contributed by atoms with E-state index in [0.29, 0.717) is 23.1 Å². The number of furan rings is 1. The first-order valence-corrected chi connectivity index (χ1v) is 6.04. The molecule has 2 aromatic rings. The molecule has 0 unspecified atom stereocenters. The Morgan fingerprint density at radius 2 is 2.18 bits per heavy atom. The van der Waals surface area contributed by atoms with E-state index in [1.54, 1.807) is 18.2 Å². The average Bonchev–Trinajstić information content (AvgIpc) is 2.76. The number of nitrogens with zero attached hydrogens (tertiary/aromatic N) is 1. The molecule has 86 valence electrons. The van der Waals surface area contributed by atoms with Gasteiger partial charge in [0, 0.05) is 15.2 Å². The van der Waals surface area contributed by atoms with E-state index in [2.05, 4.69) is 21.2 Å². The lowest BCUT2D eigenvalue weighted by atomic mass is 10.3. The highest BCUT2D eigenvalue weighted by atomic mass is 79.9. The first kappa shape index (κ1) is 12.0. The molecule has 2 rings (SSSR count). The summed E-state index contributed by atoms with van der Waals surface area (Å²) in [6, 6.07) is 10.9. The number of anilines is 1. The van der Waals surface area contributed by atoms with Crippen LogP contribution in [0.1, 0.15) is 11.5 Å². The molecule has 0 aliphatic heterocycles. The fourth-order valence-corrected chi connectivity index (χ4v) is 2.17. The first-order chi connectivity index (χ1) is 8.19. The van der Waals surface area contributed by atoms with Gasteiger partial charge in [-0.2, -0.15) is 5.26 Å². The molecule has 0 aliphatic carbocycles. The van der Waals surface area contributed by atoms with Crippen LogP contribution in [-0.2, 0) is 6.54 Å². The Kier molecular flexibility index (Phi) is 3.72. The predicted octanol–water partition coefficient (Wildman–Crippen LogP) is 4.18. The monoisotopic (exact) mass is 310 g/mol. The van der Waals surface area contributed by atoms with E-state index in [0.717, 1.165) is 10.2 Å². The molecule has 0 amide bonds. The Bertz CT molecular complexity index is 574. The van der Waals surface area contributed by atoms with Crippen LogP contribution in [0.15, 0.2) is 39.2 Å². The topological polar surface area (TPSA) is 49.0 Å². The van der Waals surface area contributed by atoms with Crippen molar-refractivity contribution in [2.45, 2.75) is 6.54 Å². The maximum atomic E-state index is 8.62. The fraction of sp³-hybridized carbons (Fsp3) is 0.0833. The Morgan fingerprint density at radius 1 is 1.35 bits per heavy atom. The molecule has 0 aliphatic rings. The van der Waals surface area contributed by atoms with Crippen molar-refractivity contribution in [3.63, 3.8) is 0 Å². The molecule has 0 saturated carbocycles. The summed E-state index contributed by atoms with van der Waals surface area (Å²) in [5.41, 5.74) is 0.921. The largest absolute Gasteiger partial charge is 0.449 e. The van der Waals surface area contributed by atoms with Gasteiger partial charge < -0.3 is 9.73 Å². The summed E-state index contributed by atoms with van der Waals surface area (Å²) < 4.78 is 6.14. The molecule has 0 saturated heterocycles. The Labute approximate surface area is 112 Å². The van der Waals surface area contributed by atoms with E-state index in [-0.39, 0.29) is 0 Å². The molecule has 0 fully saturated rings. The van der Waals surface area contributed by atoms with Crippen molar-refractivity contribution in [1.82, 2.24) is 0 Å². The molecule has 1 aromatic heterocycles. The zero-order chi connectivity index (χ0) is 12.3. The zero-order valence-corrected chi connectivity index (χ0v) is 11.0. The van der Waals surface area contributed by atoms with Crippen molar-refractivity contribution in [3.05, 3.63) is 51.3 Å². The standard InChI is InChI=1S/C12H8BrClN2O/c13-11-5-8(14)1-4-12(11)16-7-10-3-2-9(6-15)17-10/h1-5,16H,7H2. The van der Waals surface area contributed by atoms with Crippen molar-refractivity contribution in [3.8, 4) is 6.07 Å². The molecular formula is C12H8BrClN2O. The van der Waals surface area contributed by atoms with Gasteiger partial charge in [-0.3, -0.25) is 0 Å². The SMILES string of the molecule is N#Cc1ccc(CNc2ccc(Cl)cc2Br)o1. The van der Waals surface area contributed by atoms with Crippen LogP contribution in [0.2, 0.25) is 5.02 Å². The number of rotatable bonds is 3. The van der Waals surface area contributed by atoms with Crippen molar-refractivity contribution < 1.29 is 4.42 Å². The number of halogens is 2. The molecule has 0 spiro atoms. The van der Waals surface area contributed by atoms with Crippen LogP contribution < -0.4 is 5.32 Å². The van der Waals surface area contributed by atoms with Gasteiger partial charge in [0.1, 0.15) is 11.8 Å². The summed E-state index contributed by atoms with van der Waals surface area (Å²) in [6.07, 6.45) is 0. The number of hydrogen-bond donors (Lipinski definition) is 1. The maximum absolute atomic E-state index is 8.62. The number of nitriles is 1. The molecule has 1 aromatic carbocycles. The zero-order valence-electron chi connectivity index (χ0n) is 8.71. The Balaban J connectivity index is 2.05. The number of hydrogen-bond acceptors (Lipinski definition) is 3. The van der Waals surface area contributed by atoms with Gasteiger partial charge in [0.05, 0.1) is 6.54 Å². The van der Waals surface area contributed by atoms with Crippen molar-refractivity contribution in [2.75, 3.05) is 5.32 Å². The van der Waals surface area contributed by atoms with Gasteiger partial charge >= 0.3 is 0 Å². The van der Waals surface area contributed by atoms with Gasteiger partial charge in [-0.05, 0) is 46.3 Å². The molecular weight excluding hydrogens is 304 g/mol. The summed E-state index contributed by atoms with van der Waals surface area (Å²) >= 11 is 9.25. The third kappa shape index (κ3) is 3.02. The Morgan fingerprint density at radius 3 is 2.82 bits per heavy atom. The van der Waals surface area contributed by atoms with Crippen LogP contribution in [0.4, 0.5) is 5.69 Å². The molecule has 1 heterocycles. The smallest absolute Gasteiger partial charge is 0.203 e. The molecule has 0 radical (unpaired) electrons. The highest BCUT2D eigenvalue weighted by Gasteiger charge is 2.03. The highest BCUT2D eigenvalue weighted by molar-refractivity contribution is 9.10. The fourth-order valence-electron chi connectivity index (χ4n) is 1.35. The molecule has 1 N–H and O–H groups in total. The predicted molar refractivity (Wildman–Crippen MR) is 69.9 cm³/mol. The molecule has 17 heavy (non-hydrogen) atoms. The van der Waals surface area contributed by atoms with Crippen LogP contribution in [0.5, 0.6) is 0 Å². The van der Waals surface area contributed by atoms with Gasteiger partial charge in [-0.15, -0.1) is 0 Å². The summed E-state index contributed by atoms with van der Waals surface area (Å²) in [5.74, 6) is 1.03. The number of nitrogens with one attached hydrogen (secondary N) is 1. The highest BCUT2D eigenvalue weighted by Crippen LogP contribution is 2.26. The van der Waals surface area contributed by atoms with E-state index in [1.807, 2.05) is 18.2 Å². The minimum atomic E-state index is 0.317. The van der Waals surface area contributed by atoms with E-state index in [9.17, 15) is 0 Å². The van der Waals surface area contributed by atoms with E-state index in [1.165, 1.54) is 0 Å². The van der Waals surface area contributed by atoms with Crippen LogP contribution in [0.25, 0.3) is 0 Å². The first-order valence-electron chi connectivity index (χ1n) is 4.87. The van der Waals surface area contributed by atoms with Gasteiger partial charge in [-0.1, -0.05) is 11.6 Å². The van der Waals surface area contributed by atoms with Crippen molar-refractivity contribution in [1.29, 1.82) is 5.26 Å². The third-order valence-electron chi connectivity index (χ3n) is 2.16. The van der Waals surface area contributed by atoms with E-state index in [4.69, 9.17) is 21.3 Å². The lowest BCUT2D eigenvalue weighted by molar-refractivity contribution is 0.506. The van der Waals surface area contributed by atoms with Gasteiger partial charge in [0.15, 0.2) is 0 Å². The van der Waals surface area contributed by atoms with Crippen molar-refractivity contribution >= 4 is 33.2 Å². The minimum Gasteiger partial charge on any atom is -0.449 e. The summed E-state index contributed by atoms with van der Waals surface area (Å²) in [4.78, 5) is 0. The normalized spacial score (nSPS) is 9.94. The third-order valence-corrected chi connectivity index (χ3v) is 3.05. The molecule has 0 atom stereocenters. The van der Waals surface area contributed by atoms with Crippen LogP contribution in [0.3, 0.4) is 0 Å². The lowest BCUT2D eigenvalue weighted by Gasteiger charge is -2.06. The van der Waals surface area contributed by atoms with E-state index >= 15 is 0 Å². The second-order valence-electron chi connectivity index (χ2n) is 3.36. The second kappa shape index (κ2) is 5.26. The van der Waals surface area contributed by atoms with Gasteiger partial charge in [0.25, 0.3) is 0 Å². The maximum Gasteiger partial charge on any atom is 0.203 e. The van der Waals surface area contributed by atoms with Crippen LogP contribution in [-0.4, -0.2) is 0 Å². The Hall–Kier alpha value is -1.44. The second-order valence-corrected chi connectivity index (χ2v) is 4.65. The van der Waals surface area contributed by atoms with Crippen LogP contribution >= 0.6 is 27.5 Å². The lowest BCUT2D eigenvalue weighted by Crippen LogP contribution is -1.98. The van der Waals surface area contributed by atoms with Gasteiger partial charge in [0.2, 0.25) is 5.76 Å².